The molecule has 1 fully saturated rings. The fraction of sp³-hybridized carbons (Fsp3) is 0.250. The molecule has 4 aromatic rings. The fourth-order valence-corrected chi connectivity index (χ4v) is 3.19. The lowest BCUT2D eigenvalue weighted by molar-refractivity contribution is -0.274. The van der Waals surface area contributed by atoms with Crippen molar-refractivity contribution in [1.29, 1.82) is 0 Å². The van der Waals surface area contributed by atoms with Crippen molar-refractivity contribution in [2.24, 2.45) is 4.99 Å². The van der Waals surface area contributed by atoms with Crippen LogP contribution in [0.3, 0.4) is 0 Å². The standard InChI is InChI=1S/C20H17F3N8O3/c21-20(22,23)34-13-3-1-2-10(6-13)8-24-17-28-15-11(7-14-16(32)29-19(33)27-14)9-25-31(15)18(30-17)26-12-4-5-12/h1-3,6-7,9,12,32H,4-5,8H2,(H,24,26,30)(H2,27,29,33)/b11-7+. The van der Waals surface area contributed by atoms with E-state index >= 15 is 0 Å². The molecule has 5 rings (SSSR count). The highest BCUT2D eigenvalue weighted by atomic mass is 19.4. The van der Waals surface area contributed by atoms with Crippen molar-refractivity contribution in [3.8, 4) is 11.6 Å². The van der Waals surface area contributed by atoms with E-state index in [-0.39, 0.29) is 35.9 Å². The number of ether oxygens (including phenoxy) is 1. The minimum absolute atomic E-state index is 0.118. The molecule has 0 spiro atoms. The van der Waals surface area contributed by atoms with E-state index in [2.05, 4.69) is 40.1 Å². The summed E-state index contributed by atoms with van der Waals surface area (Å²) in [7, 11) is 0. The second-order valence-electron chi connectivity index (χ2n) is 7.58. The summed E-state index contributed by atoms with van der Waals surface area (Å²) in [6.45, 7) is 0.118. The Morgan fingerprint density at radius 2 is 2.12 bits per heavy atom. The van der Waals surface area contributed by atoms with Crippen LogP contribution >= 0.6 is 0 Å². The molecule has 1 aliphatic carbocycles. The van der Waals surface area contributed by atoms with Gasteiger partial charge in [0.15, 0.2) is 5.65 Å². The molecule has 176 valence electrons. The van der Waals surface area contributed by atoms with Crippen molar-refractivity contribution in [3.63, 3.8) is 0 Å². The normalized spacial score (nSPS) is 15.3. The molecule has 0 atom stereocenters. The molecule has 3 heterocycles. The van der Waals surface area contributed by atoms with E-state index in [1.807, 2.05) is 0 Å². The first-order valence-electron chi connectivity index (χ1n) is 10.1. The van der Waals surface area contributed by atoms with Crippen LogP contribution in [0.5, 0.6) is 11.6 Å². The molecule has 0 unspecified atom stereocenters. The number of rotatable bonds is 6. The van der Waals surface area contributed by atoms with Crippen molar-refractivity contribution in [1.82, 2.24) is 29.5 Å². The third-order valence-corrected chi connectivity index (χ3v) is 4.84. The largest absolute Gasteiger partial charge is 0.573 e. The molecule has 4 N–H and O–H groups in total. The van der Waals surface area contributed by atoms with Gasteiger partial charge in [0.05, 0.1) is 12.2 Å². The summed E-state index contributed by atoms with van der Waals surface area (Å²) in [5.74, 6) is -0.489. The van der Waals surface area contributed by atoms with E-state index in [4.69, 9.17) is 0 Å². The average molecular weight is 474 g/mol. The molecule has 0 aliphatic heterocycles. The topological polar surface area (TPSA) is 146 Å². The average Bonchev–Trinajstić information content (AvgIpc) is 3.40. The molecule has 0 bridgehead atoms. The number of nitrogens with zero attached hydrogens (tertiary/aromatic N) is 5. The number of fused-ring (bicyclic) bond motifs is 1. The van der Waals surface area contributed by atoms with Gasteiger partial charge in [-0.15, -0.1) is 13.2 Å². The predicted molar refractivity (Wildman–Crippen MR) is 112 cm³/mol. The van der Waals surface area contributed by atoms with Gasteiger partial charge in [0.1, 0.15) is 11.4 Å². The van der Waals surface area contributed by atoms with E-state index in [9.17, 15) is 23.1 Å². The zero-order valence-corrected chi connectivity index (χ0v) is 17.3. The Kier molecular flexibility index (Phi) is 5.18. The number of alkyl halides is 3. The number of imidazole rings is 1. The molecule has 3 aromatic heterocycles. The molecule has 14 heteroatoms. The van der Waals surface area contributed by atoms with E-state index in [1.165, 1.54) is 35.0 Å². The monoisotopic (exact) mass is 474 g/mol. The Morgan fingerprint density at radius 1 is 1.29 bits per heavy atom. The van der Waals surface area contributed by atoms with E-state index in [0.29, 0.717) is 22.0 Å². The van der Waals surface area contributed by atoms with Gasteiger partial charge in [-0.3, -0.25) is 4.98 Å². The van der Waals surface area contributed by atoms with Crippen LogP contribution in [-0.2, 0) is 6.54 Å². The highest BCUT2D eigenvalue weighted by Crippen LogP contribution is 2.24. The van der Waals surface area contributed by atoms with Crippen LogP contribution in [0.15, 0.2) is 40.2 Å². The zero-order chi connectivity index (χ0) is 23.9. The number of aromatic hydroxyl groups is 1. The predicted octanol–water partition coefficient (Wildman–Crippen LogP) is 0.968. The number of benzene rings is 1. The maximum Gasteiger partial charge on any atom is 0.573 e. The van der Waals surface area contributed by atoms with E-state index < -0.39 is 12.1 Å². The Bertz CT molecular complexity index is 1540. The minimum Gasteiger partial charge on any atom is -0.493 e. The molecule has 34 heavy (non-hydrogen) atoms. The minimum atomic E-state index is -4.79. The molecule has 1 aromatic carbocycles. The van der Waals surface area contributed by atoms with Gasteiger partial charge >= 0.3 is 12.1 Å². The maximum absolute atomic E-state index is 12.5. The fourth-order valence-electron chi connectivity index (χ4n) is 3.19. The summed E-state index contributed by atoms with van der Waals surface area (Å²) in [5, 5.41) is 17.6. The van der Waals surface area contributed by atoms with E-state index in [0.717, 1.165) is 12.8 Å². The number of H-pyrrole nitrogens is 2. The van der Waals surface area contributed by atoms with Crippen molar-refractivity contribution in [2.45, 2.75) is 31.8 Å². The summed E-state index contributed by atoms with van der Waals surface area (Å²) < 4.78 is 42.9. The molecular weight excluding hydrogens is 457 g/mol. The lowest BCUT2D eigenvalue weighted by atomic mass is 10.2. The van der Waals surface area contributed by atoms with Crippen LogP contribution in [0.4, 0.5) is 19.1 Å². The molecule has 11 nitrogen and oxygen atoms in total. The SMILES string of the molecule is O=c1[nH]c(O)c(/C=c2\cnn3c(=NC4CC4)nc(NCc4cccc(OC(F)(F)F)c4)nc23)[nH]1. The second-order valence-corrected chi connectivity index (χ2v) is 7.58. The van der Waals surface area contributed by atoms with E-state index in [1.54, 1.807) is 6.07 Å². The Hall–Kier alpha value is -4.36. The second kappa shape index (κ2) is 8.20. The summed E-state index contributed by atoms with van der Waals surface area (Å²) >= 11 is 0. The highest BCUT2D eigenvalue weighted by Gasteiger charge is 2.31. The Labute approximate surface area is 187 Å². The van der Waals surface area contributed by atoms with Crippen LogP contribution in [0.25, 0.3) is 11.7 Å². The van der Waals surface area contributed by atoms with Gasteiger partial charge in [-0.1, -0.05) is 12.1 Å². The maximum atomic E-state index is 12.5. The Morgan fingerprint density at radius 3 is 2.82 bits per heavy atom. The van der Waals surface area contributed by atoms with Crippen LogP contribution < -0.4 is 26.6 Å². The third-order valence-electron chi connectivity index (χ3n) is 4.84. The molecule has 0 amide bonds. The molecule has 0 saturated heterocycles. The van der Waals surface area contributed by atoms with Gasteiger partial charge in [-0.25, -0.2) is 9.79 Å². The quantitative estimate of drug-likeness (QED) is 0.326. The van der Waals surface area contributed by atoms with Crippen LogP contribution in [0.2, 0.25) is 0 Å². The van der Waals surface area contributed by atoms with Gasteiger partial charge in [0, 0.05) is 11.8 Å². The summed E-state index contributed by atoms with van der Waals surface area (Å²) in [6, 6.07) is 5.68. The first-order chi connectivity index (χ1) is 16.2. The number of anilines is 1. The number of hydrogen-bond acceptors (Lipinski definition) is 8. The van der Waals surface area contributed by atoms with Crippen LogP contribution in [0.1, 0.15) is 24.1 Å². The van der Waals surface area contributed by atoms with Crippen molar-refractivity contribution >= 4 is 17.7 Å². The smallest absolute Gasteiger partial charge is 0.493 e. The highest BCUT2D eigenvalue weighted by molar-refractivity contribution is 5.57. The van der Waals surface area contributed by atoms with Crippen molar-refractivity contribution in [2.75, 3.05) is 5.32 Å². The van der Waals surface area contributed by atoms with Crippen LogP contribution in [-0.4, -0.2) is 47.1 Å². The first kappa shape index (κ1) is 21.5. The molecule has 1 aliphatic rings. The van der Waals surface area contributed by atoms with Crippen molar-refractivity contribution < 1.29 is 23.0 Å². The molecule has 1 saturated carbocycles. The summed E-state index contributed by atoms with van der Waals surface area (Å²) in [5.41, 5.74) is 0.748. The Balaban J connectivity index is 1.50. The van der Waals surface area contributed by atoms with Crippen LogP contribution in [0, 0.1) is 0 Å². The summed E-state index contributed by atoms with van der Waals surface area (Å²) in [6.07, 6.45) is 0.0536. The van der Waals surface area contributed by atoms with Gasteiger partial charge < -0.3 is 20.1 Å². The first-order valence-corrected chi connectivity index (χ1v) is 10.1. The van der Waals surface area contributed by atoms with Gasteiger partial charge in [-0.2, -0.15) is 19.6 Å². The lowest BCUT2D eigenvalue weighted by Gasteiger charge is -2.10. The lowest BCUT2D eigenvalue weighted by Crippen LogP contribution is -2.24. The van der Waals surface area contributed by atoms with Crippen molar-refractivity contribution in [3.05, 3.63) is 63.0 Å². The zero-order valence-electron chi connectivity index (χ0n) is 17.3. The van der Waals surface area contributed by atoms with Gasteiger partial charge in [-0.05, 0) is 36.6 Å². The number of nitrogens with one attached hydrogen (secondary N) is 3. The number of halogens is 3. The third kappa shape index (κ3) is 4.84. The number of aromatic amines is 2. The molecular formula is C20H17F3N8O3. The number of aromatic nitrogens is 6. The number of hydrogen-bond donors (Lipinski definition) is 4. The molecule has 0 radical (unpaired) electrons. The van der Waals surface area contributed by atoms with Gasteiger partial charge in [0.25, 0.3) is 5.62 Å². The van der Waals surface area contributed by atoms with Gasteiger partial charge in [0.2, 0.25) is 11.8 Å². The summed E-state index contributed by atoms with van der Waals surface area (Å²) in [4.78, 5) is 29.5.